The minimum atomic E-state index is -1.07. The second-order valence-corrected chi connectivity index (χ2v) is 2.34. The Morgan fingerprint density at radius 1 is 1.43 bits per heavy atom. The Morgan fingerprint density at radius 3 is 2.79 bits per heavy atom. The maximum atomic E-state index is 12.9. The molecule has 0 radical (unpaired) electrons. The van der Waals surface area contributed by atoms with Crippen LogP contribution >= 0.6 is 0 Å². The lowest BCUT2D eigenvalue weighted by Gasteiger charge is -1.94. The predicted molar refractivity (Wildman–Crippen MR) is 45.3 cm³/mol. The van der Waals surface area contributed by atoms with Crippen LogP contribution in [0.2, 0.25) is 0 Å². The summed E-state index contributed by atoms with van der Waals surface area (Å²) in [5, 5.41) is 0. The van der Waals surface area contributed by atoms with Crippen molar-refractivity contribution in [2.75, 3.05) is 7.11 Å². The first-order chi connectivity index (χ1) is 6.65. The van der Waals surface area contributed by atoms with Crippen LogP contribution in [0.25, 0.3) is 0 Å². The fourth-order valence-electron chi connectivity index (χ4n) is 0.770. The Morgan fingerprint density at radius 2 is 2.14 bits per heavy atom. The quantitative estimate of drug-likeness (QED) is 0.464. The van der Waals surface area contributed by atoms with E-state index < -0.39 is 17.6 Å². The third-order valence-electron chi connectivity index (χ3n) is 1.44. The number of carbonyl (C=O) groups excluding carboxylic acids is 1. The molecule has 1 rings (SSSR count). The van der Waals surface area contributed by atoms with Crippen molar-refractivity contribution >= 4 is 5.97 Å². The first-order valence-corrected chi connectivity index (χ1v) is 3.69. The Balaban J connectivity index is 3.01. The van der Waals surface area contributed by atoms with Crippen molar-refractivity contribution in [2.45, 2.75) is 0 Å². The van der Waals surface area contributed by atoms with E-state index in [1.165, 1.54) is 12.1 Å². The highest BCUT2D eigenvalue weighted by atomic mass is 19.2. The Labute approximate surface area is 79.5 Å². The summed E-state index contributed by atoms with van der Waals surface area (Å²) in [6.07, 6.45) is 0. The van der Waals surface area contributed by atoms with Gasteiger partial charge in [0.25, 0.3) is 0 Å². The zero-order chi connectivity index (χ0) is 10.6. The number of carbonyl (C=O) groups is 1. The zero-order valence-electron chi connectivity index (χ0n) is 7.30. The van der Waals surface area contributed by atoms with Gasteiger partial charge in [-0.15, -0.1) is 0 Å². The minimum absolute atomic E-state index is 0.171. The maximum absolute atomic E-state index is 12.9. The lowest BCUT2D eigenvalue weighted by atomic mass is 10.2. The van der Waals surface area contributed by atoms with Crippen LogP contribution in [0.4, 0.5) is 8.78 Å². The second kappa shape index (κ2) is 4.38. The van der Waals surface area contributed by atoms with Crippen molar-refractivity contribution in [3.63, 3.8) is 0 Å². The van der Waals surface area contributed by atoms with Crippen molar-refractivity contribution in [3.8, 4) is 11.8 Å². The topological polar surface area (TPSA) is 26.3 Å². The molecule has 0 amide bonds. The zero-order valence-corrected chi connectivity index (χ0v) is 7.30. The van der Waals surface area contributed by atoms with Crippen LogP contribution in [0.5, 0.6) is 0 Å². The van der Waals surface area contributed by atoms with Gasteiger partial charge in [-0.05, 0) is 12.1 Å². The monoisotopic (exact) mass is 196 g/mol. The van der Waals surface area contributed by atoms with Gasteiger partial charge in [-0.25, -0.2) is 13.6 Å². The fraction of sp³-hybridized carbons (Fsp3) is 0.100. The SMILES string of the molecule is COC(=O)C#Cc1cccc(F)c1F. The molecule has 0 aliphatic rings. The molecule has 0 bridgehead atoms. The van der Waals surface area contributed by atoms with Crippen LogP contribution in [-0.2, 0) is 9.53 Å². The number of benzene rings is 1. The molecule has 0 aliphatic carbocycles. The summed E-state index contributed by atoms with van der Waals surface area (Å²) in [7, 11) is 1.15. The number of hydrogen-bond acceptors (Lipinski definition) is 2. The molecule has 0 spiro atoms. The van der Waals surface area contributed by atoms with E-state index in [-0.39, 0.29) is 5.56 Å². The van der Waals surface area contributed by atoms with Crippen LogP contribution in [0.15, 0.2) is 18.2 Å². The van der Waals surface area contributed by atoms with E-state index in [1.807, 2.05) is 5.92 Å². The molecule has 0 unspecified atom stereocenters. The average molecular weight is 196 g/mol. The van der Waals surface area contributed by atoms with Crippen molar-refractivity contribution in [2.24, 2.45) is 0 Å². The summed E-state index contributed by atoms with van der Waals surface area (Å²) in [5.74, 6) is 1.30. The van der Waals surface area contributed by atoms with E-state index in [4.69, 9.17) is 0 Å². The molecule has 72 valence electrons. The van der Waals surface area contributed by atoms with Gasteiger partial charge in [-0.3, -0.25) is 0 Å². The first-order valence-electron chi connectivity index (χ1n) is 3.69. The van der Waals surface area contributed by atoms with Gasteiger partial charge in [0.05, 0.1) is 12.7 Å². The summed E-state index contributed by atoms with van der Waals surface area (Å²) < 4.78 is 29.8. The molecule has 2 nitrogen and oxygen atoms in total. The van der Waals surface area contributed by atoms with Gasteiger partial charge in [0.2, 0.25) is 0 Å². The maximum Gasteiger partial charge on any atom is 0.384 e. The molecule has 0 aromatic heterocycles. The largest absolute Gasteiger partial charge is 0.459 e. The van der Waals surface area contributed by atoms with Crippen LogP contribution in [0.3, 0.4) is 0 Å². The predicted octanol–water partition coefficient (Wildman–Crippen LogP) is 1.49. The lowest BCUT2D eigenvalue weighted by Crippen LogP contribution is -1.95. The van der Waals surface area contributed by atoms with Gasteiger partial charge >= 0.3 is 5.97 Å². The highest BCUT2D eigenvalue weighted by Crippen LogP contribution is 2.09. The highest BCUT2D eigenvalue weighted by Gasteiger charge is 2.04. The van der Waals surface area contributed by atoms with Crippen molar-refractivity contribution in [3.05, 3.63) is 35.4 Å². The van der Waals surface area contributed by atoms with Crippen molar-refractivity contribution < 1.29 is 18.3 Å². The minimum Gasteiger partial charge on any atom is -0.459 e. The van der Waals surface area contributed by atoms with Gasteiger partial charge in [-0.2, -0.15) is 0 Å². The molecular formula is C10H6F2O2. The van der Waals surface area contributed by atoms with Crippen molar-refractivity contribution in [1.29, 1.82) is 0 Å². The van der Waals surface area contributed by atoms with E-state index in [9.17, 15) is 13.6 Å². The summed E-state index contributed by atoms with van der Waals surface area (Å²) >= 11 is 0. The lowest BCUT2D eigenvalue weighted by molar-refractivity contribution is -0.133. The molecule has 14 heavy (non-hydrogen) atoms. The summed E-state index contributed by atoms with van der Waals surface area (Å²) in [6, 6.07) is 3.55. The number of esters is 1. The third kappa shape index (κ3) is 2.30. The molecular weight excluding hydrogens is 190 g/mol. The molecule has 0 aliphatic heterocycles. The standard InChI is InChI=1S/C10H6F2O2/c1-14-9(13)6-5-7-3-2-4-8(11)10(7)12/h2-4H,1H3. The normalized spacial score (nSPS) is 8.79. The van der Waals surface area contributed by atoms with E-state index in [0.717, 1.165) is 13.2 Å². The van der Waals surface area contributed by atoms with Gasteiger partial charge in [0, 0.05) is 5.92 Å². The fourth-order valence-corrected chi connectivity index (χ4v) is 0.770. The van der Waals surface area contributed by atoms with Crippen molar-refractivity contribution in [1.82, 2.24) is 0 Å². The third-order valence-corrected chi connectivity index (χ3v) is 1.44. The van der Waals surface area contributed by atoms with Gasteiger partial charge in [-0.1, -0.05) is 12.0 Å². The van der Waals surface area contributed by atoms with Crippen LogP contribution < -0.4 is 0 Å². The van der Waals surface area contributed by atoms with Crippen LogP contribution in [0.1, 0.15) is 5.56 Å². The molecule has 1 aromatic rings. The molecule has 0 heterocycles. The van der Waals surface area contributed by atoms with E-state index in [1.54, 1.807) is 0 Å². The van der Waals surface area contributed by atoms with Crippen LogP contribution in [0, 0.1) is 23.5 Å². The second-order valence-electron chi connectivity index (χ2n) is 2.34. The van der Waals surface area contributed by atoms with E-state index in [2.05, 4.69) is 10.7 Å². The van der Waals surface area contributed by atoms with Gasteiger partial charge in [0.1, 0.15) is 0 Å². The number of halogens is 2. The Bertz CT molecular complexity index is 416. The molecule has 0 N–H and O–H groups in total. The molecule has 1 aromatic carbocycles. The molecule has 4 heteroatoms. The molecule has 0 saturated carbocycles. The summed E-state index contributed by atoms with van der Waals surface area (Å²) in [4.78, 5) is 10.6. The summed E-state index contributed by atoms with van der Waals surface area (Å²) in [6.45, 7) is 0. The number of ether oxygens (including phenoxy) is 1. The smallest absolute Gasteiger partial charge is 0.384 e. The van der Waals surface area contributed by atoms with Gasteiger partial charge < -0.3 is 4.74 Å². The Kier molecular flexibility index (Phi) is 3.19. The van der Waals surface area contributed by atoms with Crippen LogP contribution in [-0.4, -0.2) is 13.1 Å². The average Bonchev–Trinajstić information content (AvgIpc) is 2.20. The molecule has 0 atom stereocenters. The Hall–Kier alpha value is -1.89. The first kappa shape index (κ1) is 10.2. The highest BCUT2D eigenvalue weighted by molar-refractivity contribution is 5.89. The van der Waals surface area contributed by atoms with E-state index in [0.29, 0.717) is 0 Å². The van der Waals surface area contributed by atoms with E-state index >= 15 is 0 Å². The number of methoxy groups -OCH3 is 1. The molecule has 0 saturated heterocycles. The summed E-state index contributed by atoms with van der Waals surface area (Å²) in [5.41, 5.74) is -0.171. The molecule has 0 fully saturated rings. The number of hydrogen-bond donors (Lipinski definition) is 0. The van der Waals surface area contributed by atoms with Gasteiger partial charge in [0.15, 0.2) is 11.6 Å². The number of rotatable bonds is 0.